The molecule has 1 saturated heterocycles. The molecule has 1 atom stereocenters. The fourth-order valence-corrected chi connectivity index (χ4v) is 3.45. The molecule has 1 amide bonds. The molecule has 0 aliphatic carbocycles. The van der Waals surface area contributed by atoms with Gasteiger partial charge in [0.05, 0.1) is 17.5 Å². The van der Waals surface area contributed by atoms with Gasteiger partial charge in [-0.2, -0.15) is 0 Å². The van der Waals surface area contributed by atoms with Crippen molar-refractivity contribution in [2.24, 2.45) is 0 Å². The number of Topliss-reactive ketones (excluding diaryl/α,β-unsaturated/α-hetero) is 1. The van der Waals surface area contributed by atoms with Crippen LogP contribution in [-0.4, -0.2) is 21.9 Å². The van der Waals surface area contributed by atoms with E-state index >= 15 is 0 Å². The molecular weight excluding hydrogens is 382 g/mol. The van der Waals surface area contributed by atoms with E-state index in [-0.39, 0.29) is 28.5 Å². The number of hydrogen-bond acceptors (Lipinski definition) is 5. The van der Waals surface area contributed by atoms with Crippen LogP contribution in [0.3, 0.4) is 0 Å². The van der Waals surface area contributed by atoms with Gasteiger partial charge in [0.25, 0.3) is 11.7 Å². The van der Waals surface area contributed by atoms with Gasteiger partial charge in [-0.25, -0.2) is 0 Å². The fourth-order valence-electron chi connectivity index (χ4n) is 3.26. The van der Waals surface area contributed by atoms with Crippen LogP contribution < -0.4 is 4.90 Å². The number of halogens is 1. The summed E-state index contributed by atoms with van der Waals surface area (Å²) in [7, 11) is 0. The number of phenolic OH excluding ortho intramolecular Hbond substituents is 1. The van der Waals surface area contributed by atoms with Crippen LogP contribution in [0.25, 0.3) is 5.76 Å². The van der Waals surface area contributed by atoms with Crippen molar-refractivity contribution in [2.45, 2.75) is 6.04 Å². The van der Waals surface area contributed by atoms with Gasteiger partial charge < -0.3 is 14.6 Å². The molecule has 3 aromatic rings. The van der Waals surface area contributed by atoms with E-state index in [1.54, 1.807) is 42.5 Å². The van der Waals surface area contributed by atoms with Gasteiger partial charge in [0.15, 0.2) is 0 Å². The average Bonchev–Trinajstić information content (AvgIpc) is 3.29. The molecule has 7 heteroatoms. The minimum atomic E-state index is -1.04. The molecule has 0 saturated carbocycles. The molecule has 2 aromatic carbocycles. The first-order valence-corrected chi connectivity index (χ1v) is 8.75. The highest BCUT2D eigenvalue weighted by Crippen LogP contribution is 2.44. The highest BCUT2D eigenvalue weighted by atomic mass is 35.5. The van der Waals surface area contributed by atoms with E-state index in [0.29, 0.717) is 10.6 Å². The summed E-state index contributed by atoms with van der Waals surface area (Å²) in [6, 6.07) is 14.6. The van der Waals surface area contributed by atoms with E-state index in [9.17, 15) is 19.8 Å². The number of nitrogens with zero attached hydrogens (tertiary/aromatic N) is 1. The van der Waals surface area contributed by atoms with Crippen LogP contribution in [0.1, 0.15) is 17.4 Å². The van der Waals surface area contributed by atoms with E-state index in [4.69, 9.17) is 16.0 Å². The summed E-state index contributed by atoms with van der Waals surface area (Å²) in [5, 5.41) is 21.5. The van der Waals surface area contributed by atoms with E-state index in [2.05, 4.69) is 0 Å². The number of ketones is 1. The second-order valence-corrected chi connectivity index (χ2v) is 6.62. The van der Waals surface area contributed by atoms with Crippen LogP contribution >= 0.6 is 11.6 Å². The van der Waals surface area contributed by atoms with Gasteiger partial charge in [0, 0.05) is 10.6 Å². The maximum absolute atomic E-state index is 12.8. The average molecular weight is 396 g/mol. The number of carbonyl (C=O) groups is 2. The Hall–Kier alpha value is -3.51. The van der Waals surface area contributed by atoms with Gasteiger partial charge in [0.2, 0.25) is 0 Å². The number of carbonyl (C=O) groups excluding carboxylic acids is 2. The Bertz CT molecular complexity index is 1100. The first kappa shape index (κ1) is 17.9. The molecular formula is C21H14ClNO5. The number of aliphatic hydroxyl groups excluding tert-OH is 1. The Morgan fingerprint density at radius 1 is 1.04 bits per heavy atom. The van der Waals surface area contributed by atoms with E-state index in [1.807, 2.05) is 0 Å². The molecule has 4 rings (SSSR count). The second-order valence-electron chi connectivity index (χ2n) is 6.18. The summed E-state index contributed by atoms with van der Waals surface area (Å²) in [5.41, 5.74) is 0.279. The summed E-state index contributed by atoms with van der Waals surface area (Å²) in [5.74, 6) is -2.05. The molecule has 2 heterocycles. The van der Waals surface area contributed by atoms with Crippen LogP contribution in [0.15, 0.2) is 76.9 Å². The minimum Gasteiger partial charge on any atom is -0.507 e. The van der Waals surface area contributed by atoms with Gasteiger partial charge >= 0.3 is 0 Å². The van der Waals surface area contributed by atoms with Crippen molar-refractivity contribution in [3.8, 4) is 5.75 Å². The van der Waals surface area contributed by atoms with Crippen LogP contribution in [0, 0.1) is 0 Å². The largest absolute Gasteiger partial charge is 0.507 e. The molecule has 1 unspecified atom stereocenters. The zero-order valence-electron chi connectivity index (χ0n) is 14.4. The predicted molar refractivity (Wildman–Crippen MR) is 103 cm³/mol. The lowest BCUT2D eigenvalue weighted by atomic mass is 9.99. The maximum atomic E-state index is 12.8. The monoisotopic (exact) mass is 395 g/mol. The van der Waals surface area contributed by atoms with Gasteiger partial charge in [-0.3, -0.25) is 14.5 Å². The third-order valence-corrected chi connectivity index (χ3v) is 4.73. The lowest BCUT2D eigenvalue weighted by Crippen LogP contribution is -2.29. The number of phenols is 1. The van der Waals surface area contributed by atoms with Gasteiger partial charge in [-0.15, -0.1) is 0 Å². The third kappa shape index (κ3) is 2.84. The quantitative estimate of drug-likeness (QED) is 0.392. The van der Waals surface area contributed by atoms with Crippen molar-refractivity contribution in [3.63, 3.8) is 0 Å². The number of furan rings is 1. The number of benzene rings is 2. The van der Waals surface area contributed by atoms with Crippen molar-refractivity contribution in [1.82, 2.24) is 0 Å². The summed E-state index contributed by atoms with van der Waals surface area (Å²) in [6.07, 6.45) is 1.40. The molecule has 0 bridgehead atoms. The Morgan fingerprint density at radius 2 is 1.82 bits per heavy atom. The van der Waals surface area contributed by atoms with Crippen LogP contribution in [-0.2, 0) is 9.59 Å². The van der Waals surface area contributed by atoms with Crippen LogP contribution in [0.2, 0.25) is 5.02 Å². The number of aromatic hydroxyl groups is 1. The summed E-state index contributed by atoms with van der Waals surface area (Å²) in [4.78, 5) is 26.8. The summed E-state index contributed by atoms with van der Waals surface area (Å²) < 4.78 is 5.45. The molecule has 6 nitrogen and oxygen atoms in total. The number of rotatable bonds is 3. The Kier molecular flexibility index (Phi) is 4.41. The summed E-state index contributed by atoms with van der Waals surface area (Å²) in [6.45, 7) is 0. The minimum absolute atomic E-state index is 0.135. The van der Waals surface area contributed by atoms with E-state index < -0.39 is 17.7 Å². The molecule has 1 aliphatic rings. The van der Waals surface area contributed by atoms with Crippen LogP contribution in [0.5, 0.6) is 5.75 Å². The Morgan fingerprint density at radius 3 is 2.50 bits per heavy atom. The van der Waals surface area contributed by atoms with Crippen molar-refractivity contribution in [1.29, 1.82) is 0 Å². The van der Waals surface area contributed by atoms with Crippen LogP contribution in [0.4, 0.5) is 5.69 Å². The standard InChI is InChI=1S/C21H14ClNO5/c22-13-6-3-5-12(11-13)19(25)17-18(16-9-4-10-28-16)23(21(27)20(17)26)14-7-1-2-8-15(14)24/h1-11,18,24-25H/b19-17-. The fraction of sp³-hybridized carbons (Fsp3) is 0.0476. The number of aliphatic hydroxyl groups is 1. The van der Waals surface area contributed by atoms with Crippen molar-refractivity contribution in [3.05, 3.63) is 88.8 Å². The number of hydrogen-bond donors (Lipinski definition) is 2. The van der Waals surface area contributed by atoms with Crippen molar-refractivity contribution in [2.75, 3.05) is 4.90 Å². The molecule has 28 heavy (non-hydrogen) atoms. The normalized spacial score (nSPS) is 18.6. The molecule has 0 spiro atoms. The Balaban J connectivity index is 1.96. The second kappa shape index (κ2) is 6.90. The lowest BCUT2D eigenvalue weighted by Gasteiger charge is -2.24. The summed E-state index contributed by atoms with van der Waals surface area (Å²) >= 11 is 5.99. The first-order chi connectivity index (χ1) is 13.5. The predicted octanol–water partition coefficient (Wildman–Crippen LogP) is 4.26. The number of para-hydroxylation sites is 2. The lowest BCUT2D eigenvalue weighted by molar-refractivity contribution is -0.132. The highest BCUT2D eigenvalue weighted by molar-refractivity contribution is 6.51. The third-order valence-electron chi connectivity index (χ3n) is 4.50. The zero-order chi connectivity index (χ0) is 19.8. The van der Waals surface area contributed by atoms with E-state index in [1.165, 1.54) is 24.5 Å². The maximum Gasteiger partial charge on any atom is 0.300 e. The number of anilines is 1. The number of amides is 1. The SMILES string of the molecule is O=C1C(=O)N(c2ccccc2O)C(c2ccco2)/C1=C(/O)c1cccc(Cl)c1. The van der Waals surface area contributed by atoms with Crippen molar-refractivity contribution < 1.29 is 24.2 Å². The van der Waals surface area contributed by atoms with Gasteiger partial charge in [-0.1, -0.05) is 35.9 Å². The molecule has 1 aliphatic heterocycles. The topological polar surface area (TPSA) is 91.0 Å². The first-order valence-electron chi connectivity index (χ1n) is 8.37. The molecule has 2 N–H and O–H groups in total. The Labute approximate surface area is 164 Å². The van der Waals surface area contributed by atoms with Gasteiger partial charge in [0.1, 0.15) is 23.3 Å². The van der Waals surface area contributed by atoms with Gasteiger partial charge in [-0.05, 0) is 36.4 Å². The molecule has 1 fully saturated rings. The highest BCUT2D eigenvalue weighted by Gasteiger charge is 2.49. The smallest absolute Gasteiger partial charge is 0.300 e. The van der Waals surface area contributed by atoms with Crippen molar-refractivity contribution >= 4 is 34.7 Å². The zero-order valence-corrected chi connectivity index (χ0v) is 15.1. The van der Waals surface area contributed by atoms with E-state index in [0.717, 1.165) is 4.90 Å². The molecule has 140 valence electrons. The molecule has 1 aromatic heterocycles. The molecule has 0 radical (unpaired) electrons.